The molecule has 160 valence electrons. The van der Waals surface area contributed by atoms with Crippen LogP contribution in [0.4, 0.5) is 0 Å². The summed E-state index contributed by atoms with van der Waals surface area (Å²) < 4.78 is 6.57. The van der Waals surface area contributed by atoms with E-state index in [1.807, 2.05) is 18.2 Å². The van der Waals surface area contributed by atoms with Crippen molar-refractivity contribution in [2.75, 3.05) is 7.11 Å². The van der Waals surface area contributed by atoms with E-state index < -0.39 is 0 Å². The van der Waals surface area contributed by atoms with Crippen LogP contribution in [-0.2, 0) is 11.8 Å². The average molecular weight is 417 g/mol. The molecule has 1 N–H and O–H groups in total. The predicted molar refractivity (Wildman–Crippen MR) is 126 cm³/mol. The average Bonchev–Trinajstić information content (AvgIpc) is 3.11. The van der Waals surface area contributed by atoms with Crippen LogP contribution in [0.15, 0.2) is 58.7 Å². The summed E-state index contributed by atoms with van der Waals surface area (Å²) in [6.07, 6.45) is 4.13. The fourth-order valence-corrected chi connectivity index (χ4v) is 3.69. The van der Waals surface area contributed by atoms with Crippen molar-refractivity contribution in [3.63, 3.8) is 0 Å². The number of benzene rings is 2. The van der Waals surface area contributed by atoms with E-state index in [-0.39, 0.29) is 16.9 Å². The van der Waals surface area contributed by atoms with Gasteiger partial charge in [0.05, 0.1) is 7.11 Å². The number of aromatic amines is 1. The number of hydrogen-bond acceptors (Lipinski definition) is 4. The highest BCUT2D eigenvalue weighted by Crippen LogP contribution is 2.26. The van der Waals surface area contributed by atoms with Crippen LogP contribution in [0.25, 0.3) is 21.9 Å². The number of fused-ring (bicyclic) bond motifs is 3. The van der Waals surface area contributed by atoms with Crippen molar-refractivity contribution < 1.29 is 4.74 Å². The third-order valence-electron chi connectivity index (χ3n) is 5.52. The van der Waals surface area contributed by atoms with Crippen LogP contribution in [0.2, 0.25) is 0 Å². The minimum absolute atomic E-state index is 0.145. The second kappa shape index (κ2) is 8.02. The first kappa shape index (κ1) is 20.8. The van der Waals surface area contributed by atoms with Gasteiger partial charge in [0.15, 0.2) is 0 Å². The minimum Gasteiger partial charge on any atom is -0.497 e. The zero-order chi connectivity index (χ0) is 22.2. The fourth-order valence-electron chi connectivity index (χ4n) is 3.69. The van der Waals surface area contributed by atoms with E-state index in [1.54, 1.807) is 13.3 Å². The Bertz CT molecular complexity index is 1310. The van der Waals surface area contributed by atoms with Gasteiger partial charge in [-0.05, 0) is 47.1 Å². The van der Waals surface area contributed by atoms with E-state index in [0.717, 1.165) is 23.1 Å². The molecule has 0 spiro atoms. The molecule has 2 heterocycles. The van der Waals surface area contributed by atoms with Gasteiger partial charge < -0.3 is 9.72 Å². The monoisotopic (exact) mass is 416 g/mol. The van der Waals surface area contributed by atoms with Crippen molar-refractivity contribution in [1.29, 1.82) is 0 Å². The molecular weight excluding hydrogens is 388 g/mol. The lowest BCUT2D eigenvalue weighted by Crippen LogP contribution is -2.18. The number of H-pyrrole nitrogens is 1. The number of ether oxygens (including phenoxy) is 1. The van der Waals surface area contributed by atoms with Gasteiger partial charge in [0, 0.05) is 17.1 Å². The molecule has 0 aliphatic heterocycles. The molecule has 0 fully saturated rings. The molecule has 31 heavy (non-hydrogen) atoms. The molecule has 2 aromatic carbocycles. The highest BCUT2D eigenvalue weighted by Gasteiger charge is 2.14. The molecule has 6 nitrogen and oxygen atoms in total. The first-order valence-electron chi connectivity index (χ1n) is 10.5. The second-order valence-electron chi connectivity index (χ2n) is 9.05. The molecule has 0 saturated heterocycles. The van der Waals surface area contributed by atoms with Crippen molar-refractivity contribution in [2.45, 2.75) is 39.5 Å². The predicted octanol–water partition coefficient (Wildman–Crippen LogP) is 4.90. The van der Waals surface area contributed by atoms with Gasteiger partial charge in [-0.2, -0.15) is 9.78 Å². The summed E-state index contributed by atoms with van der Waals surface area (Å²) in [4.78, 5) is 20.5. The summed E-state index contributed by atoms with van der Waals surface area (Å²) >= 11 is 0. The quantitative estimate of drug-likeness (QED) is 0.471. The molecule has 1 unspecified atom stereocenters. The number of nitrogens with one attached hydrogen (secondary N) is 1. The molecule has 6 heteroatoms. The molecule has 0 saturated carbocycles. The largest absolute Gasteiger partial charge is 0.497 e. The maximum atomic E-state index is 12.9. The summed E-state index contributed by atoms with van der Waals surface area (Å²) in [5.74, 6) is 0.900. The molecule has 0 aliphatic carbocycles. The zero-order valence-electron chi connectivity index (χ0n) is 18.6. The molecule has 4 aromatic rings. The van der Waals surface area contributed by atoms with E-state index in [4.69, 9.17) is 4.74 Å². The van der Waals surface area contributed by atoms with Crippen LogP contribution in [0, 0.1) is 5.92 Å². The molecule has 0 bridgehead atoms. The van der Waals surface area contributed by atoms with Gasteiger partial charge in [0.2, 0.25) is 0 Å². The number of methoxy groups -OCH3 is 1. The lowest BCUT2D eigenvalue weighted by molar-refractivity contribution is 0.415. The normalized spacial score (nSPS) is 13.3. The third-order valence-corrected chi connectivity index (χ3v) is 5.52. The van der Waals surface area contributed by atoms with Crippen LogP contribution in [-0.4, -0.2) is 28.0 Å². The van der Waals surface area contributed by atoms with Crippen LogP contribution in [0.3, 0.4) is 0 Å². The lowest BCUT2D eigenvalue weighted by atomic mass is 9.86. The fraction of sp³-hybridized carbons (Fsp3) is 0.320. The Kier molecular flexibility index (Phi) is 5.39. The number of hydrogen-bond donors (Lipinski definition) is 1. The summed E-state index contributed by atoms with van der Waals surface area (Å²) in [5, 5.41) is 5.24. The van der Waals surface area contributed by atoms with Gasteiger partial charge >= 0.3 is 0 Å². The highest BCUT2D eigenvalue weighted by atomic mass is 16.5. The number of rotatable bonds is 5. The Morgan fingerprint density at radius 1 is 1.19 bits per heavy atom. The Hall–Kier alpha value is -3.41. The second-order valence-corrected chi connectivity index (χ2v) is 9.05. The van der Waals surface area contributed by atoms with Gasteiger partial charge in [-0.15, -0.1) is 0 Å². The summed E-state index contributed by atoms with van der Waals surface area (Å²) in [7, 11) is 1.62. The number of nitrogens with zero attached hydrogens (tertiary/aromatic N) is 3. The van der Waals surface area contributed by atoms with E-state index in [2.05, 4.69) is 67.0 Å². The smallest absolute Gasteiger partial charge is 0.298 e. The third kappa shape index (κ3) is 4.24. The molecule has 0 radical (unpaired) electrons. The Morgan fingerprint density at radius 3 is 2.61 bits per heavy atom. The lowest BCUT2D eigenvalue weighted by Gasteiger charge is -2.19. The van der Waals surface area contributed by atoms with Crippen LogP contribution < -0.4 is 10.3 Å². The Balaban J connectivity index is 1.55. The van der Waals surface area contributed by atoms with Gasteiger partial charge in [-0.3, -0.25) is 4.79 Å². The van der Waals surface area contributed by atoms with Crippen molar-refractivity contribution in [2.24, 2.45) is 11.0 Å². The van der Waals surface area contributed by atoms with Gasteiger partial charge in [-0.25, -0.2) is 4.98 Å². The maximum Gasteiger partial charge on any atom is 0.298 e. The Labute approximate surface area is 181 Å². The summed E-state index contributed by atoms with van der Waals surface area (Å²) in [6.45, 7) is 8.73. The van der Waals surface area contributed by atoms with E-state index in [0.29, 0.717) is 11.0 Å². The highest BCUT2D eigenvalue weighted by molar-refractivity contribution is 6.04. The summed E-state index contributed by atoms with van der Waals surface area (Å²) in [5.41, 5.74) is 4.39. The minimum atomic E-state index is -0.224. The molecule has 0 aliphatic rings. The van der Waals surface area contributed by atoms with Gasteiger partial charge in [0.25, 0.3) is 5.56 Å². The van der Waals surface area contributed by atoms with E-state index in [9.17, 15) is 4.79 Å². The zero-order valence-corrected chi connectivity index (χ0v) is 18.6. The van der Waals surface area contributed by atoms with Crippen molar-refractivity contribution in [3.05, 3.63) is 70.3 Å². The first-order chi connectivity index (χ1) is 14.8. The molecule has 0 amide bonds. The molecule has 1 atom stereocenters. The van der Waals surface area contributed by atoms with Crippen molar-refractivity contribution in [1.82, 2.24) is 14.6 Å². The molecule has 4 rings (SSSR count). The van der Waals surface area contributed by atoms with E-state index >= 15 is 0 Å². The SMILES string of the molecule is COc1ccc2[nH]c3c(=O)n(N=CC(C)Cc4ccc(C(C)(C)C)cc4)cnc3c2c1. The maximum absolute atomic E-state index is 12.9. The van der Waals surface area contributed by atoms with Gasteiger partial charge in [0.1, 0.15) is 23.1 Å². The van der Waals surface area contributed by atoms with E-state index in [1.165, 1.54) is 22.1 Å². The van der Waals surface area contributed by atoms with Crippen LogP contribution >= 0.6 is 0 Å². The topological polar surface area (TPSA) is 72.3 Å². The van der Waals surface area contributed by atoms with Crippen molar-refractivity contribution >= 4 is 28.2 Å². The molecular formula is C25H28N4O2. The summed E-state index contributed by atoms with van der Waals surface area (Å²) in [6, 6.07) is 14.3. The Morgan fingerprint density at radius 2 is 1.94 bits per heavy atom. The standard InChI is InChI=1S/C25H28N4O2/c1-16(12-17-6-8-18(9-7-17)25(2,3)4)14-27-29-15-26-22-20-13-19(31-5)10-11-21(20)28-23(22)24(29)30/h6-11,13-16,28H,12H2,1-5H3. The van der Waals surface area contributed by atoms with Crippen molar-refractivity contribution in [3.8, 4) is 5.75 Å². The number of aromatic nitrogens is 3. The van der Waals surface area contributed by atoms with Crippen LogP contribution in [0.1, 0.15) is 38.8 Å². The first-order valence-corrected chi connectivity index (χ1v) is 10.5. The molecule has 2 aromatic heterocycles. The van der Waals surface area contributed by atoms with Gasteiger partial charge in [-0.1, -0.05) is 52.0 Å². The van der Waals surface area contributed by atoms with Crippen LogP contribution in [0.5, 0.6) is 5.75 Å².